The van der Waals surface area contributed by atoms with Crippen LogP contribution < -0.4 is 5.73 Å². The van der Waals surface area contributed by atoms with Gasteiger partial charge in [0.25, 0.3) is 0 Å². The Morgan fingerprint density at radius 3 is 2.67 bits per heavy atom. The smallest absolute Gasteiger partial charge is 0.0740 e. The van der Waals surface area contributed by atoms with E-state index in [1.165, 1.54) is 0 Å². The summed E-state index contributed by atoms with van der Waals surface area (Å²) in [6.45, 7) is 3.19. The highest BCUT2D eigenvalue weighted by Crippen LogP contribution is 2.03. The van der Waals surface area contributed by atoms with E-state index in [-0.39, 0.29) is 0 Å². The van der Waals surface area contributed by atoms with Crippen LogP contribution >= 0.6 is 24.0 Å². The third-order valence-corrected chi connectivity index (χ3v) is 2.89. The van der Waals surface area contributed by atoms with E-state index in [1.807, 2.05) is 11.8 Å². The van der Waals surface area contributed by atoms with Gasteiger partial charge in [-0.15, -0.1) is 0 Å². The Morgan fingerprint density at radius 2 is 2.25 bits per heavy atom. The Kier molecular flexibility index (Phi) is 6.80. The first-order valence-corrected chi connectivity index (χ1v) is 5.85. The van der Waals surface area contributed by atoms with Gasteiger partial charge in [0.05, 0.1) is 4.99 Å². The topological polar surface area (TPSA) is 29.3 Å². The molecule has 4 heteroatoms. The first-order chi connectivity index (χ1) is 5.57. The lowest BCUT2D eigenvalue weighted by molar-refractivity contribution is 0.286. The summed E-state index contributed by atoms with van der Waals surface area (Å²) in [7, 11) is 2.11. The lowest BCUT2D eigenvalue weighted by Gasteiger charge is -2.23. The molecule has 0 aliphatic heterocycles. The average molecular weight is 206 g/mol. The summed E-state index contributed by atoms with van der Waals surface area (Å²) in [5, 5.41) is 0. The summed E-state index contributed by atoms with van der Waals surface area (Å²) < 4.78 is 0. The fraction of sp³-hybridized carbons (Fsp3) is 0.875. The van der Waals surface area contributed by atoms with E-state index < -0.39 is 0 Å². The number of thiocarbonyl (C=S) groups is 1. The highest BCUT2D eigenvalue weighted by Gasteiger charge is 2.07. The summed E-state index contributed by atoms with van der Waals surface area (Å²) in [6.07, 6.45) is 2.95. The Morgan fingerprint density at radius 1 is 1.67 bits per heavy atom. The van der Waals surface area contributed by atoms with Crippen molar-refractivity contribution in [3.63, 3.8) is 0 Å². The van der Waals surface area contributed by atoms with Crippen LogP contribution in [0.15, 0.2) is 0 Å². The SMILES string of the molecule is CSCC(C)N(C)CCC(N)=S. The van der Waals surface area contributed by atoms with Crippen LogP contribution in [0.3, 0.4) is 0 Å². The number of rotatable bonds is 6. The van der Waals surface area contributed by atoms with E-state index in [4.69, 9.17) is 18.0 Å². The highest BCUT2D eigenvalue weighted by atomic mass is 32.2. The zero-order valence-electron chi connectivity index (χ0n) is 8.04. The molecule has 0 amide bonds. The normalized spacial score (nSPS) is 13.3. The molecule has 12 heavy (non-hydrogen) atoms. The second-order valence-corrected chi connectivity index (χ2v) is 4.44. The second-order valence-electron chi connectivity index (χ2n) is 3.00. The molecule has 0 saturated heterocycles. The van der Waals surface area contributed by atoms with E-state index >= 15 is 0 Å². The van der Waals surface area contributed by atoms with Gasteiger partial charge in [-0.1, -0.05) is 12.2 Å². The van der Waals surface area contributed by atoms with Gasteiger partial charge < -0.3 is 10.6 Å². The number of nitrogens with two attached hydrogens (primary N) is 1. The quantitative estimate of drug-likeness (QED) is 0.664. The van der Waals surface area contributed by atoms with Crippen LogP contribution in [-0.4, -0.2) is 41.5 Å². The average Bonchev–Trinajstić information content (AvgIpc) is 2.00. The maximum Gasteiger partial charge on any atom is 0.0740 e. The number of nitrogens with zero attached hydrogens (tertiary/aromatic N) is 1. The molecule has 0 aliphatic carbocycles. The summed E-state index contributed by atoms with van der Waals surface area (Å²) in [5.41, 5.74) is 5.41. The molecule has 0 fully saturated rings. The molecule has 0 rings (SSSR count). The summed E-state index contributed by atoms with van der Waals surface area (Å²) in [6, 6.07) is 0.606. The van der Waals surface area contributed by atoms with E-state index in [0.29, 0.717) is 11.0 Å². The molecule has 72 valence electrons. The van der Waals surface area contributed by atoms with Gasteiger partial charge in [-0.2, -0.15) is 11.8 Å². The van der Waals surface area contributed by atoms with Crippen molar-refractivity contribution in [3.05, 3.63) is 0 Å². The Balaban J connectivity index is 3.55. The minimum atomic E-state index is 0.606. The van der Waals surface area contributed by atoms with Crippen LogP contribution in [0.5, 0.6) is 0 Å². The monoisotopic (exact) mass is 206 g/mol. The molecule has 0 radical (unpaired) electrons. The maximum atomic E-state index is 5.41. The molecule has 0 bridgehead atoms. The molecular weight excluding hydrogens is 188 g/mol. The molecule has 1 atom stereocenters. The van der Waals surface area contributed by atoms with Gasteiger partial charge in [-0.25, -0.2) is 0 Å². The Bertz CT molecular complexity index is 139. The highest BCUT2D eigenvalue weighted by molar-refractivity contribution is 7.98. The largest absolute Gasteiger partial charge is 0.393 e. The Labute approximate surface area is 84.9 Å². The molecule has 2 N–H and O–H groups in total. The van der Waals surface area contributed by atoms with Crippen LogP contribution in [0.4, 0.5) is 0 Å². The molecule has 0 spiro atoms. The third kappa shape index (κ3) is 5.80. The van der Waals surface area contributed by atoms with Crippen molar-refractivity contribution in [3.8, 4) is 0 Å². The van der Waals surface area contributed by atoms with Crippen molar-refractivity contribution in [2.45, 2.75) is 19.4 Å². The maximum absolute atomic E-state index is 5.41. The molecular formula is C8H18N2S2. The van der Waals surface area contributed by atoms with Gasteiger partial charge in [0.2, 0.25) is 0 Å². The van der Waals surface area contributed by atoms with E-state index in [0.717, 1.165) is 18.7 Å². The lowest BCUT2D eigenvalue weighted by atomic mass is 10.3. The number of hydrogen-bond acceptors (Lipinski definition) is 3. The van der Waals surface area contributed by atoms with Crippen LogP contribution in [0.25, 0.3) is 0 Å². The van der Waals surface area contributed by atoms with Gasteiger partial charge in [0.15, 0.2) is 0 Å². The van der Waals surface area contributed by atoms with Crippen LogP contribution in [0, 0.1) is 0 Å². The van der Waals surface area contributed by atoms with Gasteiger partial charge in [-0.3, -0.25) is 0 Å². The van der Waals surface area contributed by atoms with Crippen molar-refractivity contribution < 1.29 is 0 Å². The third-order valence-electron chi connectivity index (χ3n) is 1.87. The first kappa shape index (κ1) is 12.2. The van der Waals surface area contributed by atoms with Crippen molar-refractivity contribution in [1.82, 2.24) is 4.90 Å². The van der Waals surface area contributed by atoms with E-state index in [2.05, 4.69) is 25.1 Å². The van der Waals surface area contributed by atoms with Gasteiger partial charge in [0, 0.05) is 24.8 Å². The molecule has 0 aliphatic rings. The van der Waals surface area contributed by atoms with Crippen molar-refractivity contribution in [2.24, 2.45) is 5.73 Å². The minimum absolute atomic E-state index is 0.606. The van der Waals surface area contributed by atoms with Gasteiger partial charge in [0.1, 0.15) is 0 Å². The molecule has 1 unspecified atom stereocenters. The summed E-state index contributed by atoms with van der Waals surface area (Å²) >= 11 is 6.68. The van der Waals surface area contributed by atoms with Gasteiger partial charge in [-0.05, 0) is 20.2 Å². The minimum Gasteiger partial charge on any atom is -0.393 e. The predicted octanol–water partition coefficient (Wildman–Crippen LogP) is 1.35. The second kappa shape index (κ2) is 6.69. The number of hydrogen-bond donors (Lipinski definition) is 1. The van der Waals surface area contributed by atoms with Gasteiger partial charge >= 0.3 is 0 Å². The zero-order valence-corrected chi connectivity index (χ0v) is 9.67. The molecule has 2 nitrogen and oxygen atoms in total. The molecule has 0 saturated carbocycles. The molecule has 0 aromatic carbocycles. The lowest BCUT2D eigenvalue weighted by Crippen LogP contribution is -2.33. The number of thioether (sulfide) groups is 1. The first-order valence-electron chi connectivity index (χ1n) is 4.05. The predicted molar refractivity (Wildman–Crippen MR) is 61.9 cm³/mol. The fourth-order valence-electron chi connectivity index (χ4n) is 0.875. The van der Waals surface area contributed by atoms with Crippen molar-refractivity contribution in [1.29, 1.82) is 0 Å². The molecule has 0 aromatic rings. The van der Waals surface area contributed by atoms with Crippen LogP contribution in [-0.2, 0) is 0 Å². The van der Waals surface area contributed by atoms with E-state index in [9.17, 15) is 0 Å². The Hall–Kier alpha value is 0.200. The van der Waals surface area contributed by atoms with Crippen LogP contribution in [0.2, 0.25) is 0 Å². The molecule has 0 heterocycles. The molecule has 0 aromatic heterocycles. The zero-order chi connectivity index (χ0) is 9.56. The summed E-state index contributed by atoms with van der Waals surface area (Å²) in [4.78, 5) is 2.90. The van der Waals surface area contributed by atoms with Crippen molar-refractivity contribution in [2.75, 3.05) is 25.6 Å². The standard InChI is InChI=1S/C8H18N2S2/c1-7(6-12-3)10(2)5-4-8(9)11/h7H,4-6H2,1-3H3,(H2,9,11). The summed E-state index contributed by atoms with van der Waals surface area (Å²) in [5.74, 6) is 1.16. The van der Waals surface area contributed by atoms with Crippen LogP contribution in [0.1, 0.15) is 13.3 Å². The van der Waals surface area contributed by atoms with E-state index in [1.54, 1.807) is 0 Å². The fourth-order valence-corrected chi connectivity index (χ4v) is 1.70. The van der Waals surface area contributed by atoms with Crippen molar-refractivity contribution >= 4 is 29.0 Å².